The second-order valence-corrected chi connectivity index (χ2v) is 8.06. The number of hydrogen-bond acceptors (Lipinski definition) is 3. The topological polar surface area (TPSA) is 67.4 Å². The highest BCUT2D eigenvalue weighted by atomic mass is 79.9. The van der Waals surface area contributed by atoms with Gasteiger partial charge >= 0.3 is 0 Å². The second kappa shape index (κ2) is 10.8. The van der Waals surface area contributed by atoms with E-state index in [0.717, 1.165) is 22.0 Å². The summed E-state index contributed by atoms with van der Waals surface area (Å²) in [6.07, 6.45) is 0.866. The molecular formula is C25H25BrN2O3. The quantitative estimate of drug-likeness (QED) is 0.436. The summed E-state index contributed by atoms with van der Waals surface area (Å²) < 4.78 is 6.43. The molecule has 1 unspecified atom stereocenters. The van der Waals surface area contributed by atoms with Crippen molar-refractivity contribution in [3.8, 4) is 16.9 Å². The summed E-state index contributed by atoms with van der Waals surface area (Å²) in [5, 5.41) is 5.69. The number of halogens is 1. The van der Waals surface area contributed by atoms with Crippen molar-refractivity contribution in [2.75, 3.05) is 11.9 Å². The fourth-order valence-corrected chi connectivity index (χ4v) is 3.38. The van der Waals surface area contributed by atoms with Crippen LogP contribution in [-0.2, 0) is 4.79 Å². The predicted octanol–water partition coefficient (Wildman–Crippen LogP) is 5.66. The maximum absolute atomic E-state index is 12.3. The number of carbonyl (C=O) groups excluding carboxylic acids is 2. The van der Waals surface area contributed by atoms with E-state index < -0.39 is 0 Å². The van der Waals surface area contributed by atoms with E-state index in [9.17, 15) is 9.59 Å². The zero-order chi connectivity index (χ0) is 22.2. The van der Waals surface area contributed by atoms with Gasteiger partial charge in [-0.1, -0.05) is 43.3 Å². The molecule has 2 amide bonds. The van der Waals surface area contributed by atoms with E-state index in [2.05, 4.69) is 26.6 Å². The predicted molar refractivity (Wildman–Crippen MR) is 127 cm³/mol. The SMILES string of the molecule is CCC(C)NC(=O)c1ccc(NC(=O)COc2ccc(-c3ccccc3)cc2Br)cc1. The lowest BCUT2D eigenvalue weighted by Crippen LogP contribution is -2.31. The Bertz CT molecular complexity index is 1040. The Hall–Kier alpha value is -3.12. The molecule has 2 N–H and O–H groups in total. The average molecular weight is 481 g/mol. The Labute approximate surface area is 191 Å². The summed E-state index contributed by atoms with van der Waals surface area (Å²) in [6.45, 7) is 3.85. The van der Waals surface area contributed by atoms with Gasteiger partial charge in [-0.2, -0.15) is 0 Å². The highest BCUT2D eigenvalue weighted by molar-refractivity contribution is 9.10. The van der Waals surface area contributed by atoms with Crippen LogP contribution in [-0.4, -0.2) is 24.5 Å². The molecule has 0 aliphatic carbocycles. The minimum absolute atomic E-state index is 0.116. The van der Waals surface area contributed by atoms with Gasteiger partial charge in [-0.3, -0.25) is 9.59 Å². The second-order valence-electron chi connectivity index (χ2n) is 7.21. The molecule has 6 heteroatoms. The molecule has 0 fully saturated rings. The fourth-order valence-electron chi connectivity index (χ4n) is 2.88. The monoisotopic (exact) mass is 480 g/mol. The van der Waals surface area contributed by atoms with Crippen molar-refractivity contribution in [2.24, 2.45) is 0 Å². The zero-order valence-corrected chi connectivity index (χ0v) is 19.1. The molecule has 0 bridgehead atoms. The van der Waals surface area contributed by atoms with Crippen LogP contribution in [0.3, 0.4) is 0 Å². The van der Waals surface area contributed by atoms with Crippen LogP contribution in [0.1, 0.15) is 30.6 Å². The van der Waals surface area contributed by atoms with E-state index in [1.807, 2.05) is 62.4 Å². The summed E-state index contributed by atoms with van der Waals surface area (Å²) in [7, 11) is 0. The van der Waals surface area contributed by atoms with E-state index in [-0.39, 0.29) is 24.5 Å². The summed E-state index contributed by atoms with van der Waals surface area (Å²) in [5.74, 6) is 0.182. The first-order valence-corrected chi connectivity index (χ1v) is 10.9. The molecule has 3 aromatic rings. The van der Waals surface area contributed by atoms with Crippen molar-refractivity contribution in [3.63, 3.8) is 0 Å². The van der Waals surface area contributed by atoms with E-state index in [1.165, 1.54) is 0 Å². The van der Waals surface area contributed by atoms with Crippen LogP contribution in [0.5, 0.6) is 5.75 Å². The minimum Gasteiger partial charge on any atom is -0.483 e. The number of hydrogen-bond donors (Lipinski definition) is 2. The zero-order valence-electron chi connectivity index (χ0n) is 17.5. The third-order valence-corrected chi connectivity index (χ3v) is 5.44. The Kier molecular flexibility index (Phi) is 7.84. The van der Waals surface area contributed by atoms with Crippen LogP contribution in [0.15, 0.2) is 77.3 Å². The lowest BCUT2D eigenvalue weighted by atomic mass is 10.1. The molecule has 3 aromatic carbocycles. The van der Waals surface area contributed by atoms with Crippen LogP contribution in [0.2, 0.25) is 0 Å². The first kappa shape index (κ1) is 22.6. The van der Waals surface area contributed by atoms with Crippen molar-refractivity contribution in [1.29, 1.82) is 0 Å². The number of nitrogens with one attached hydrogen (secondary N) is 2. The summed E-state index contributed by atoms with van der Waals surface area (Å²) in [5.41, 5.74) is 3.32. The molecule has 0 saturated heterocycles. The smallest absolute Gasteiger partial charge is 0.262 e. The van der Waals surface area contributed by atoms with Crippen LogP contribution in [0.25, 0.3) is 11.1 Å². The van der Waals surface area contributed by atoms with E-state index in [1.54, 1.807) is 24.3 Å². The van der Waals surface area contributed by atoms with Gasteiger partial charge < -0.3 is 15.4 Å². The normalized spacial score (nSPS) is 11.5. The molecule has 0 heterocycles. The van der Waals surface area contributed by atoms with Crippen molar-refractivity contribution < 1.29 is 14.3 Å². The van der Waals surface area contributed by atoms with Crippen molar-refractivity contribution >= 4 is 33.4 Å². The van der Waals surface area contributed by atoms with Gasteiger partial charge in [0.2, 0.25) is 0 Å². The standard InChI is InChI=1S/C25H25BrN2O3/c1-3-17(2)27-25(30)19-9-12-21(13-10-19)28-24(29)16-31-23-14-11-20(15-22(23)26)18-7-5-4-6-8-18/h4-15,17H,3,16H2,1-2H3,(H,27,30)(H,28,29). The molecule has 160 valence electrons. The van der Waals surface area contributed by atoms with Crippen LogP contribution in [0.4, 0.5) is 5.69 Å². The average Bonchev–Trinajstić information content (AvgIpc) is 2.79. The Morgan fingerprint density at radius 3 is 2.32 bits per heavy atom. The van der Waals surface area contributed by atoms with Gasteiger partial charge in [-0.15, -0.1) is 0 Å². The Morgan fingerprint density at radius 1 is 0.968 bits per heavy atom. The maximum atomic E-state index is 12.3. The van der Waals surface area contributed by atoms with Crippen LogP contribution < -0.4 is 15.4 Å². The van der Waals surface area contributed by atoms with Crippen molar-refractivity contribution in [1.82, 2.24) is 5.32 Å². The lowest BCUT2D eigenvalue weighted by Gasteiger charge is -2.12. The van der Waals surface area contributed by atoms with Crippen LogP contribution >= 0.6 is 15.9 Å². The van der Waals surface area contributed by atoms with Gasteiger partial charge in [0.25, 0.3) is 11.8 Å². The summed E-state index contributed by atoms with van der Waals surface area (Å²) in [6, 6.07) is 22.7. The maximum Gasteiger partial charge on any atom is 0.262 e. The number of rotatable bonds is 8. The van der Waals surface area contributed by atoms with Gasteiger partial charge in [-0.25, -0.2) is 0 Å². The molecule has 5 nitrogen and oxygen atoms in total. The molecule has 3 rings (SSSR count). The van der Waals surface area contributed by atoms with Gasteiger partial charge in [0.1, 0.15) is 5.75 Å². The van der Waals surface area contributed by atoms with E-state index in [0.29, 0.717) is 17.0 Å². The molecule has 0 saturated carbocycles. The minimum atomic E-state index is -0.282. The Balaban J connectivity index is 1.54. The third kappa shape index (κ3) is 6.43. The van der Waals surface area contributed by atoms with Crippen molar-refractivity contribution in [2.45, 2.75) is 26.3 Å². The molecule has 1 atom stereocenters. The number of carbonyl (C=O) groups is 2. The van der Waals surface area contributed by atoms with E-state index >= 15 is 0 Å². The third-order valence-electron chi connectivity index (χ3n) is 4.82. The molecule has 0 aliphatic heterocycles. The number of benzene rings is 3. The lowest BCUT2D eigenvalue weighted by molar-refractivity contribution is -0.118. The molecule has 0 aromatic heterocycles. The molecule has 0 radical (unpaired) electrons. The number of amides is 2. The van der Waals surface area contributed by atoms with Gasteiger partial charge in [-0.05, 0) is 76.8 Å². The summed E-state index contributed by atoms with van der Waals surface area (Å²) >= 11 is 3.51. The van der Waals surface area contributed by atoms with Crippen molar-refractivity contribution in [3.05, 3.63) is 82.8 Å². The van der Waals surface area contributed by atoms with Gasteiger partial charge in [0, 0.05) is 17.3 Å². The van der Waals surface area contributed by atoms with E-state index in [4.69, 9.17) is 4.74 Å². The highest BCUT2D eigenvalue weighted by Crippen LogP contribution is 2.30. The summed E-state index contributed by atoms with van der Waals surface area (Å²) in [4.78, 5) is 24.4. The highest BCUT2D eigenvalue weighted by Gasteiger charge is 2.10. The Morgan fingerprint density at radius 2 is 1.68 bits per heavy atom. The largest absolute Gasteiger partial charge is 0.483 e. The molecule has 0 aliphatic rings. The molecule has 0 spiro atoms. The van der Waals surface area contributed by atoms with Gasteiger partial charge in [0.15, 0.2) is 6.61 Å². The molecular weight excluding hydrogens is 456 g/mol. The fraction of sp³-hybridized carbons (Fsp3) is 0.200. The number of ether oxygens (including phenoxy) is 1. The number of anilines is 1. The van der Waals surface area contributed by atoms with Crippen LogP contribution in [0, 0.1) is 0 Å². The van der Waals surface area contributed by atoms with Gasteiger partial charge in [0.05, 0.1) is 4.47 Å². The first-order valence-electron chi connectivity index (χ1n) is 10.1. The first-order chi connectivity index (χ1) is 15.0. The molecule has 31 heavy (non-hydrogen) atoms.